The molecule has 0 aromatic heterocycles. The molecule has 2 aromatic carbocycles. The van der Waals surface area contributed by atoms with Crippen LogP contribution in [0.15, 0.2) is 36.4 Å². The van der Waals surface area contributed by atoms with Crippen molar-refractivity contribution >= 4 is 12.0 Å². The molecule has 0 radical (unpaired) electrons. The molecule has 158 valence electrons. The van der Waals surface area contributed by atoms with Crippen molar-refractivity contribution in [1.82, 2.24) is 10.6 Å². The lowest BCUT2D eigenvalue weighted by atomic mass is 9.76. The van der Waals surface area contributed by atoms with E-state index in [1.54, 1.807) is 30.3 Å². The van der Waals surface area contributed by atoms with E-state index >= 15 is 0 Å². The standard InChI is InChI=1S/C23H25FN2O4/c1-13-9-15(29-14(2)27)10-19-20(13)17(16-7-5-6-8-18(16)24)11-23(30-19)12-22(3,4)25-21(28)26-23/h5-10,17H,11-12H2,1-4H3,(H2,25,26,28). The van der Waals surface area contributed by atoms with E-state index < -0.39 is 17.2 Å². The highest BCUT2D eigenvalue weighted by Gasteiger charge is 2.50. The van der Waals surface area contributed by atoms with Gasteiger partial charge in [0.05, 0.1) is 0 Å². The summed E-state index contributed by atoms with van der Waals surface area (Å²) in [5.74, 6) is -0.266. The third kappa shape index (κ3) is 3.72. The van der Waals surface area contributed by atoms with Gasteiger partial charge in [0.25, 0.3) is 0 Å². The SMILES string of the molecule is CC(=O)Oc1cc(C)c2c(c1)OC1(CC2c2ccccc2F)CC(C)(C)NC(=O)N1. The van der Waals surface area contributed by atoms with Gasteiger partial charge in [-0.1, -0.05) is 18.2 Å². The third-order valence-corrected chi connectivity index (χ3v) is 5.57. The van der Waals surface area contributed by atoms with E-state index in [0.717, 1.165) is 11.1 Å². The Hall–Kier alpha value is -3.09. The zero-order valence-electron chi connectivity index (χ0n) is 17.5. The Morgan fingerprint density at radius 1 is 1.23 bits per heavy atom. The summed E-state index contributed by atoms with van der Waals surface area (Å²) in [5.41, 5.74) is 0.656. The fourth-order valence-electron chi connectivity index (χ4n) is 4.73. The minimum atomic E-state index is -1.02. The van der Waals surface area contributed by atoms with Crippen LogP contribution in [0.3, 0.4) is 0 Å². The number of ether oxygens (including phenoxy) is 2. The Morgan fingerprint density at radius 3 is 2.63 bits per heavy atom. The minimum Gasteiger partial charge on any atom is -0.467 e. The molecule has 2 aliphatic rings. The normalized spacial score (nSPS) is 24.3. The van der Waals surface area contributed by atoms with Gasteiger partial charge in [-0.15, -0.1) is 0 Å². The van der Waals surface area contributed by atoms with Gasteiger partial charge >= 0.3 is 12.0 Å². The number of urea groups is 1. The molecular weight excluding hydrogens is 387 g/mol. The first-order valence-corrected chi connectivity index (χ1v) is 9.94. The van der Waals surface area contributed by atoms with E-state index in [0.29, 0.717) is 29.9 Å². The first-order valence-electron chi connectivity index (χ1n) is 9.94. The van der Waals surface area contributed by atoms with Crippen LogP contribution in [-0.4, -0.2) is 23.3 Å². The van der Waals surface area contributed by atoms with Crippen LogP contribution in [0.1, 0.15) is 56.2 Å². The molecule has 2 amide bonds. The molecular formula is C23H25FN2O4. The number of fused-ring (bicyclic) bond motifs is 1. The van der Waals surface area contributed by atoms with E-state index in [-0.39, 0.29) is 17.8 Å². The van der Waals surface area contributed by atoms with Gasteiger partial charge in [-0.25, -0.2) is 9.18 Å². The van der Waals surface area contributed by atoms with Crippen LogP contribution in [-0.2, 0) is 4.79 Å². The molecule has 2 aromatic rings. The molecule has 1 saturated heterocycles. The molecule has 7 heteroatoms. The summed E-state index contributed by atoms with van der Waals surface area (Å²) in [6.45, 7) is 7.05. The molecule has 2 aliphatic heterocycles. The highest BCUT2D eigenvalue weighted by molar-refractivity contribution is 5.77. The summed E-state index contributed by atoms with van der Waals surface area (Å²) in [4.78, 5) is 23.9. The number of esters is 1. The molecule has 2 N–H and O–H groups in total. The van der Waals surface area contributed by atoms with Gasteiger partial charge < -0.3 is 20.1 Å². The van der Waals surface area contributed by atoms with Gasteiger partial charge in [-0.05, 0) is 44.0 Å². The van der Waals surface area contributed by atoms with Crippen molar-refractivity contribution in [3.05, 3.63) is 58.9 Å². The number of hydrogen-bond donors (Lipinski definition) is 2. The number of carbonyl (C=O) groups excluding carboxylic acids is 2. The highest BCUT2D eigenvalue weighted by Crippen LogP contribution is 2.49. The predicted octanol–water partition coefficient (Wildman–Crippen LogP) is 4.15. The van der Waals surface area contributed by atoms with Crippen molar-refractivity contribution in [2.45, 2.75) is 57.7 Å². The minimum absolute atomic E-state index is 0.312. The van der Waals surface area contributed by atoms with E-state index in [1.165, 1.54) is 13.0 Å². The second-order valence-electron chi connectivity index (χ2n) is 8.76. The van der Waals surface area contributed by atoms with Crippen LogP contribution in [0.4, 0.5) is 9.18 Å². The van der Waals surface area contributed by atoms with Crippen LogP contribution >= 0.6 is 0 Å². The van der Waals surface area contributed by atoms with E-state index in [2.05, 4.69) is 10.6 Å². The molecule has 2 atom stereocenters. The number of benzene rings is 2. The lowest BCUT2D eigenvalue weighted by molar-refractivity contribution is -0.131. The molecule has 0 aliphatic carbocycles. The van der Waals surface area contributed by atoms with Crippen LogP contribution in [0.25, 0.3) is 0 Å². The lowest BCUT2D eigenvalue weighted by Crippen LogP contribution is -2.69. The summed E-state index contributed by atoms with van der Waals surface area (Å²) < 4.78 is 26.5. The number of aryl methyl sites for hydroxylation is 1. The van der Waals surface area contributed by atoms with Gasteiger partial charge in [-0.3, -0.25) is 4.79 Å². The summed E-state index contributed by atoms with van der Waals surface area (Å²) >= 11 is 0. The summed E-state index contributed by atoms with van der Waals surface area (Å²) in [7, 11) is 0. The highest BCUT2D eigenvalue weighted by atomic mass is 19.1. The molecule has 2 heterocycles. The van der Waals surface area contributed by atoms with E-state index in [1.807, 2.05) is 20.8 Å². The molecule has 0 saturated carbocycles. The largest absolute Gasteiger partial charge is 0.467 e. The molecule has 2 unspecified atom stereocenters. The molecule has 30 heavy (non-hydrogen) atoms. The molecule has 6 nitrogen and oxygen atoms in total. The predicted molar refractivity (Wildman–Crippen MR) is 109 cm³/mol. The Balaban J connectivity index is 1.88. The van der Waals surface area contributed by atoms with Crippen molar-refractivity contribution in [3.8, 4) is 11.5 Å². The number of rotatable bonds is 2. The third-order valence-electron chi connectivity index (χ3n) is 5.57. The number of hydrogen-bond acceptors (Lipinski definition) is 4. The fourth-order valence-corrected chi connectivity index (χ4v) is 4.73. The first-order chi connectivity index (χ1) is 14.1. The van der Waals surface area contributed by atoms with Crippen molar-refractivity contribution in [2.75, 3.05) is 0 Å². The Bertz CT molecular complexity index is 1040. The first kappa shape index (κ1) is 20.2. The van der Waals surface area contributed by atoms with Gasteiger partial charge in [-0.2, -0.15) is 0 Å². The fraction of sp³-hybridized carbons (Fsp3) is 0.391. The van der Waals surface area contributed by atoms with Crippen molar-refractivity contribution in [3.63, 3.8) is 0 Å². The van der Waals surface area contributed by atoms with E-state index in [9.17, 15) is 14.0 Å². The number of nitrogens with one attached hydrogen (secondary N) is 2. The second-order valence-corrected chi connectivity index (χ2v) is 8.76. The van der Waals surface area contributed by atoms with Crippen molar-refractivity contribution < 1.29 is 23.5 Å². The molecule has 0 bridgehead atoms. The average Bonchev–Trinajstić information content (AvgIpc) is 2.58. The van der Waals surface area contributed by atoms with E-state index in [4.69, 9.17) is 9.47 Å². The monoisotopic (exact) mass is 412 g/mol. The van der Waals surface area contributed by atoms with Gasteiger partial charge in [0.1, 0.15) is 17.3 Å². The maximum Gasteiger partial charge on any atom is 0.318 e. The van der Waals surface area contributed by atoms with Gasteiger partial charge in [0.2, 0.25) is 0 Å². The molecule has 1 spiro atoms. The lowest BCUT2D eigenvalue weighted by Gasteiger charge is -2.49. The summed E-state index contributed by atoms with van der Waals surface area (Å²) in [6.07, 6.45) is 0.860. The summed E-state index contributed by atoms with van der Waals surface area (Å²) in [5, 5.41) is 5.82. The van der Waals surface area contributed by atoms with Crippen molar-refractivity contribution in [2.24, 2.45) is 0 Å². The topological polar surface area (TPSA) is 76.7 Å². The van der Waals surface area contributed by atoms with Crippen LogP contribution < -0.4 is 20.1 Å². The quantitative estimate of drug-likeness (QED) is 0.574. The Labute approximate surface area is 174 Å². The average molecular weight is 412 g/mol. The van der Waals surface area contributed by atoms with Crippen LogP contribution in [0, 0.1) is 12.7 Å². The number of carbonyl (C=O) groups is 2. The van der Waals surface area contributed by atoms with Crippen LogP contribution in [0.5, 0.6) is 11.5 Å². The zero-order chi connectivity index (χ0) is 21.7. The maximum absolute atomic E-state index is 14.8. The smallest absolute Gasteiger partial charge is 0.318 e. The Kier molecular flexibility index (Phi) is 4.71. The number of halogens is 1. The second kappa shape index (κ2) is 7.00. The maximum atomic E-state index is 14.8. The molecule has 1 fully saturated rings. The Morgan fingerprint density at radius 2 is 1.97 bits per heavy atom. The van der Waals surface area contributed by atoms with Gasteiger partial charge in [0, 0.05) is 42.9 Å². The van der Waals surface area contributed by atoms with Crippen LogP contribution in [0.2, 0.25) is 0 Å². The van der Waals surface area contributed by atoms with Crippen molar-refractivity contribution in [1.29, 1.82) is 0 Å². The molecule has 4 rings (SSSR count). The summed E-state index contributed by atoms with van der Waals surface area (Å²) in [6, 6.07) is 9.70. The zero-order valence-corrected chi connectivity index (χ0v) is 17.5. The number of amides is 2. The van der Waals surface area contributed by atoms with Gasteiger partial charge in [0.15, 0.2) is 5.72 Å².